The van der Waals surface area contributed by atoms with E-state index in [2.05, 4.69) is 13.8 Å². The Morgan fingerprint density at radius 1 is 1.27 bits per heavy atom. The van der Waals surface area contributed by atoms with E-state index in [1.807, 2.05) is 17.0 Å². The Kier molecular flexibility index (Phi) is 6.15. The van der Waals surface area contributed by atoms with Crippen LogP contribution in [0.15, 0.2) is 24.3 Å². The van der Waals surface area contributed by atoms with Gasteiger partial charge in [0.2, 0.25) is 5.91 Å². The van der Waals surface area contributed by atoms with Crippen LogP contribution in [0, 0.1) is 5.41 Å². The van der Waals surface area contributed by atoms with Crippen molar-refractivity contribution < 1.29 is 9.59 Å². The lowest BCUT2D eigenvalue weighted by Crippen LogP contribution is -2.54. The van der Waals surface area contributed by atoms with Gasteiger partial charge in [0.25, 0.3) is 0 Å². The Morgan fingerprint density at radius 2 is 1.86 bits per heavy atom. The third-order valence-corrected chi connectivity index (χ3v) is 4.38. The van der Waals surface area contributed by atoms with Gasteiger partial charge in [0, 0.05) is 24.7 Å². The van der Waals surface area contributed by atoms with Crippen LogP contribution in [0.4, 0.5) is 0 Å². The molecule has 1 aliphatic heterocycles. The Morgan fingerprint density at radius 3 is 2.36 bits per heavy atom. The van der Waals surface area contributed by atoms with Gasteiger partial charge in [-0.05, 0) is 24.3 Å². The summed E-state index contributed by atoms with van der Waals surface area (Å²) in [6, 6.07) is 7.42. The predicted octanol–water partition coefficient (Wildman–Crippen LogP) is 2.44. The quantitative estimate of drug-likeness (QED) is 0.869. The van der Waals surface area contributed by atoms with Gasteiger partial charge in [0.15, 0.2) is 5.78 Å². The fraction of sp³-hybridized carbons (Fsp3) is 0.529. The second-order valence-electron chi connectivity index (χ2n) is 6.63. The van der Waals surface area contributed by atoms with E-state index >= 15 is 0 Å². The van der Waals surface area contributed by atoms with Gasteiger partial charge in [-0.25, -0.2) is 0 Å². The van der Waals surface area contributed by atoms with Crippen molar-refractivity contribution in [3.63, 3.8) is 0 Å². The molecule has 0 bridgehead atoms. The zero-order valence-electron chi connectivity index (χ0n) is 13.5. The minimum Gasteiger partial charge on any atom is -0.342 e. The summed E-state index contributed by atoms with van der Waals surface area (Å²) in [7, 11) is 0. The molecule has 1 heterocycles. The molecule has 2 N–H and O–H groups in total. The van der Waals surface area contributed by atoms with Crippen LogP contribution in [-0.2, 0) is 11.2 Å². The average Bonchev–Trinajstić information content (AvgIpc) is 2.42. The van der Waals surface area contributed by atoms with Gasteiger partial charge in [-0.15, -0.1) is 12.4 Å². The third kappa shape index (κ3) is 4.31. The molecule has 5 heteroatoms. The van der Waals surface area contributed by atoms with Crippen molar-refractivity contribution in [1.82, 2.24) is 4.90 Å². The Balaban J connectivity index is 0.00000242. The highest BCUT2D eigenvalue weighted by Gasteiger charge is 2.35. The van der Waals surface area contributed by atoms with Crippen molar-refractivity contribution in [3.05, 3.63) is 35.4 Å². The number of halogens is 1. The fourth-order valence-electron chi connectivity index (χ4n) is 2.73. The lowest BCUT2D eigenvalue weighted by molar-refractivity contribution is -0.133. The van der Waals surface area contributed by atoms with Crippen LogP contribution < -0.4 is 5.73 Å². The zero-order chi connectivity index (χ0) is 15.6. The minimum atomic E-state index is -0.0353. The first kappa shape index (κ1) is 18.7. The number of benzene rings is 1. The van der Waals surface area contributed by atoms with Crippen LogP contribution in [0.1, 0.15) is 43.1 Å². The normalized spacial score (nSPS) is 20.2. The molecule has 0 aliphatic carbocycles. The van der Waals surface area contributed by atoms with Crippen molar-refractivity contribution in [2.24, 2.45) is 11.1 Å². The molecule has 0 saturated carbocycles. The number of hydrogen-bond acceptors (Lipinski definition) is 3. The lowest BCUT2D eigenvalue weighted by Gasteiger charge is -2.42. The summed E-state index contributed by atoms with van der Waals surface area (Å²) in [5, 5.41) is 0. The van der Waals surface area contributed by atoms with Crippen LogP contribution in [0.25, 0.3) is 0 Å². The van der Waals surface area contributed by atoms with E-state index in [0.29, 0.717) is 18.5 Å². The highest BCUT2D eigenvalue weighted by molar-refractivity contribution is 5.94. The lowest BCUT2D eigenvalue weighted by atomic mass is 9.79. The number of nitrogens with zero attached hydrogens (tertiary/aromatic N) is 1. The Hall–Kier alpha value is -1.39. The van der Waals surface area contributed by atoms with Gasteiger partial charge in [-0.2, -0.15) is 0 Å². The molecule has 1 unspecified atom stereocenters. The molecule has 0 aromatic heterocycles. The van der Waals surface area contributed by atoms with Crippen molar-refractivity contribution in [3.8, 4) is 0 Å². The molecule has 0 spiro atoms. The highest BCUT2D eigenvalue weighted by atomic mass is 35.5. The number of ketones is 1. The number of amides is 1. The van der Waals surface area contributed by atoms with Gasteiger partial charge < -0.3 is 10.6 Å². The van der Waals surface area contributed by atoms with E-state index in [1.54, 1.807) is 19.1 Å². The van der Waals surface area contributed by atoms with E-state index in [9.17, 15) is 9.59 Å². The van der Waals surface area contributed by atoms with Crippen molar-refractivity contribution in [2.45, 2.75) is 39.7 Å². The van der Waals surface area contributed by atoms with Crippen molar-refractivity contribution in [2.75, 3.05) is 13.1 Å². The smallest absolute Gasteiger partial charge is 0.227 e. The number of nitrogens with two attached hydrogens (primary N) is 1. The highest BCUT2D eigenvalue weighted by Crippen LogP contribution is 2.28. The summed E-state index contributed by atoms with van der Waals surface area (Å²) in [5.74, 6) is 0.171. The number of carbonyl (C=O) groups is 2. The molecule has 1 aliphatic rings. The van der Waals surface area contributed by atoms with Crippen LogP contribution in [-0.4, -0.2) is 35.7 Å². The molecule has 4 nitrogen and oxygen atoms in total. The van der Waals surface area contributed by atoms with E-state index in [0.717, 1.165) is 18.5 Å². The molecule has 1 aromatic carbocycles. The third-order valence-electron chi connectivity index (χ3n) is 4.38. The number of piperidine rings is 1. The largest absolute Gasteiger partial charge is 0.342 e. The molecular formula is C17H25ClN2O2. The summed E-state index contributed by atoms with van der Waals surface area (Å²) in [5.41, 5.74) is 7.69. The van der Waals surface area contributed by atoms with Gasteiger partial charge >= 0.3 is 0 Å². The van der Waals surface area contributed by atoms with Crippen LogP contribution >= 0.6 is 12.4 Å². The molecule has 2 rings (SSSR count). The first-order chi connectivity index (χ1) is 9.79. The number of Topliss-reactive ketones (excluding diaryl/α,β-unsaturated/α-hetero) is 1. The minimum absolute atomic E-state index is 0. The summed E-state index contributed by atoms with van der Waals surface area (Å²) in [6.45, 7) is 7.20. The monoisotopic (exact) mass is 324 g/mol. The van der Waals surface area contributed by atoms with Gasteiger partial charge in [0.1, 0.15) is 0 Å². The first-order valence-corrected chi connectivity index (χ1v) is 7.43. The van der Waals surface area contributed by atoms with Gasteiger partial charge in [0.05, 0.1) is 6.42 Å². The van der Waals surface area contributed by atoms with Crippen LogP contribution in [0.2, 0.25) is 0 Å². The number of likely N-dealkylation sites (tertiary alicyclic amines) is 1. The summed E-state index contributed by atoms with van der Waals surface area (Å²) < 4.78 is 0. The summed E-state index contributed by atoms with van der Waals surface area (Å²) in [4.78, 5) is 25.5. The van der Waals surface area contributed by atoms with Crippen molar-refractivity contribution in [1.29, 1.82) is 0 Å². The molecule has 0 radical (unpaired) electrons. The molecule has 1 fully saturated rings. The summed E-state index contributed by atoms with van der Waals surface area (Å²) in [6.07, 6.45) is 1.23. The maximum atomic E-state index is 12.4. The van der Waals surface area contributed by atoms with E-state index in [4.69, 9.17) is 5.73 Å². The number of hydrogen-bond donors (Lipinski definition) is 1. The maximum Gasteiger partial charge on any atom is 0.227 e. The van der Waals surface area contributed by atoms with E-state index < -0.39 is 0 Å². The van der Waals surface area contributed by atoms with Gasteiger partial charge in [-0.3, -0.25) is 9.59 Å². The molecule has 1 atom stereocenters. The Labute approximate surface area is 138 Å². The fourth-order valence-corrected chi connectivity index (χ4v) is 2.73. The molecule has 122 valence electrons. The second kappa shape index (κ2) is 7.25. The maximum absolute atomic E-state index is 12.4. The predicted molar refractivity (Wildman–Crippen MR) is 90.4 cm³/mol. The van der Waals surface area contributed by atoms with E-state index in [-0.39, 0.29) is 35.6 Å². The molecule has 1 saturated heterocycles. The SMILES string of the molecule is CC(=O)c1ccc(CC(=O)N2CCC(N)C(C)(C)C2)cc1.Cl. The molecular weight excluding hydrogens is 300 g/mol. The molecule has 1 amide bonds. The van der Waals surface area contributed by atoms with Crippen molar-refractivity contribution >= 4 is 24.1 Å². The standard InChI is InChI=1S/C17H24N2O2.ClH/c1-12(20)14-6-4-13(5-7-14)10-16(21)19-9-8-15(18)17(2,3)11-19;/h4-7,15H,8-11,18H2,1-3H3;1H. The summed E-state index contributed by atoms with van der Waals surface area (Å²) >= 11 is 0. The molecule has 1 aromatic rings. The van der Waals surface area contributed by atoms with E-state index in [1.165, 1.54) is 0 Å². The molecule has 22 heavy (non-hydrogen) atoms. The average molecular weight is 325 g/mol. The topological polar surface area (TPSA) is 63.4 Å². The van der Waals surface area contributed by atoms with Crippen LogP contribution in [0.3, 0.4) is 0 Å². The van der Waals surface area contributed by atoms with Gasteiger partial charge in [-0.1, -0.05) is 38.1 Å². The number of carbonyl (C=O) groups excluding carboxylic acids is 2. The zero-order valence-corrected chi connectivity index (χ0v) is 14.3. The Bertz CT molecular complexity index is 540. The second-order valence-corrected chi connectivity index (χ2v) is 6.63. The first-order valence-electron chi connectivity index (χ1n) is 7.43. The number of rotatable bonds is 3. The van der Waals surface area contributed by atoms with Crippen LogP contribution in [0.5, 0.6) is 0 Å².